The van der Waals surface area contributed by atoms with Crippen LogP contribution in [0.25, 0.3) is 36.8 Å². The minimum atomic E-state index is -5.55. The van der Waals surface area contributed by atoms with Gasteiger partial charge in [0.25, 0.3) is 0 Å². The Kier molecular flexibility index (Phi) is 8.66. The van der Waals surface area contributed by atoms with Gasteiger partial charge in [-0.05, 0) is 64.7 Å². The lowest BCUT2D eigenvalue weighted by atomic mass is 10.00. The number of aromatic nitrogens is 2. The van der Waals surface area contributed by atoms with Gasteiger partial charge in [0.1, 0.15) is 11.5 Å². The molecule has 237 valence electrons. The van der Waals surface area contributed by atoms with Crippen LogP contribution in [0.1, 0.15) is 18.4 Å². The molecule has 4 aliphatic carbocycles. The molecule has 1 N–H and O–H groups in total. The number of alkyl halides is 3. The number of fused-ring (bicyclic) bond motifs is 4. The first-order chi connectivity index (χ1) is 22.5. The van der Waals surface area contributed by atoms with Gasteiger partial charge in [0, 0.05) is 42.0 Å². The van der Waals surface area contributed by atoms with E-state index in [1.54, 1.807) is 18.5 Å². The molecular weight excluding hydrogens is 632 g/mol. The van der Waals surface area contributed by atoms with Crippen LogP contribution in [0.3, 0.4) is 0 Å². The third-order valence-electron chi connectivity index (χ3n) is 8.65. The highest BCUT2D eigenvalue weighted by Crippen LogP contribution is 2.55. The fourth-order valence-corrected chi connectivity index (χ4v) is 6.60. The van der Waals surface area contributed by atoms with E-state index in [9.17, 15) is 21.6 Å². The highest BCUT2D eigenvalue weighted by molar-refractivity contribution is 7.87. The highest BCUT2D eigenvalue weighted by Gasteiger charge is 2.61. The van der Waals surface area contributed by atoms with Crippen LogP contribution in [0.2, 0.25) is 0 Å². The van der Waals surface area contributed by atoms with Crippen molar-refractivity contribution >= 4 is 44.9 Å². The maximum Gasteiger partial charge on any atom is 0.569 e. The number of hydrogen-bond acceptors (Lipinski definition) is 7. The molecule has 1 radical (unpaired) electrons. The molecule has 14 heteroatoms. The molecule has 8 rings (SSSR count). The number of rotatable bonds is 5. The first-order valence-corrected chi connectivity index (χ1v) is 15.9. The Hall–Kier alpha value is -4.92. The lowest BCUT2D eigenvalue weighted by Crippen LogP contribution is -2.25. The molecule has 0 bridgehead atoms. The summed E-state index contributed by atoms with van der Waals surface area (Å²) < 4.78 is 65.9. The van der Waals surface area contributed by atoms with Crippen LogP contribution in [0, 0.1) is 36.8 Å². The van der Waals surface area contributed by atoms with Gasteiger partial charge >= 0.3 is 23.3 Å². The van der Waals surface area contributed by atoms with E-state index in [0.717, 1.165) is 17.2 Å². The zero-order chi connectivity index (χ0) is 33.3. The standard InChI is InChI=1S/C16H12N2.C9H7BNO2.C8H6F3NO3S/c1-17-16-14-7-12(8-15(14)16)11-3-2-10-4-5-18-9-13(10)6-11;12-10-13-9-2-1-7-3-4-11-6-8(7)5-9;1-12-7-5-2-4(3-6(5)7)15-16(13,14)8(9,10)11/h2-7,9,14-16H,8H2;1-6,12H;2,5-7H,3H2/t14-,15+,16+;;5-,6+,7+/m0.0/s1. The first kappa shape index (κ1) is 32.0. The number of allylic oxidation sites excluding steroid dienone is 2. The number of benzene rings is 2. The van der Waals surface area contributed by atoms with Crippen molar-refractivity contribution < 1.29 is 35.5 Å². The van der Waals surface area contributed by atoms with Crippen LogP contribution < -0.4 is 4.65 Å². The van der Waals surface area contributed by atoms with Gasteiger partial charge in [-0.2, -0.15) is 21.6 Å². The molecular formula is C33H25BF3N4O5S. The molecule has 6 atom stereocenters. The minimum Gasteiger partial charge on any atom is -0.537 e. The molecule has 2 aromatic heterocycles. The third kappa shape index (κ3) is 6.80. The maximum atomic E-state index is 11.9. The van der Waals surface area contributed by atoms with Crippen molar-refractivity contribution in [3.05, 3.63) is 120 Å². The van der Waals surface area contributed by atoms with E-state index < -0.39 is 15.6 Å². The number of hydrogen-bond donors (Lipinski definition) is 1. The average Bonchev–Trinajstić information content (AvgIpc) is 3.76. The van der Waals surface area contributed by atoms with E-state index in [4.69, 9.17) is 22.8 Å². The summed E-state index contributed by atoms with van der Waals surface area (Å²) in [5.41, 5.74) is -2.69. The summed E-state index contributed by atoms with van der Waals surface area (Å²) in [7, 11) is -4.89. The van der Waals surface area contributed by atoms with Crippen molar-refractivity contribution in [1.82, 2.24) is 9.97 Å². The van der Waals surface area contributed by atoms with Gasteiger partial charge in [0.2, 0.25) is 12.1 Å². The molecule has 47 heavy (non-hydrogen) atoms. The van der Waals surface area contributed by atoms with Crippen molar-refractivity contribution in [2.24, 2.45) is 23.7 Å². The summed E-state index contributed by atoms with van der Waals surface area (Å²) in [6.07, 6.45) is 12.0. The van der Waals surface area contributed by atoms with Crippen molar-refractivity contribution in [3.8, 4) is 5.75 Å². The van der Waals surface area contributed by atoms with Gasteiger partial charge in [-0.3, -0.25) is 9.97 Å². The predicted molar refractivity (Wildman–Crippen MR) is 168 cm³/mol. The molecule has 0 spiro atoms. The van der Waals surface area contributed by atoms with Gasteiger partial charge in [0.05, 0.1) is 23.7 Å². The zero-order valence-electron chi connectivity index (χ0n) is 24.4. The van der Waals surface area contributed by atoms with E-state index >= 15 is 0 Å². The van der Waals surface area contributed by atoms with Crippen LogP contribution in [-0.2, 0) is 14.3 Å². The molecule has 2 aromatic carbocycles. The monoisotopic (exact) mass is 657 g/mol. The second kappa shape index (κ2) is 12.7. The predicted octanol–water partition coefficient (Wildman–Crippen LogP) is 6.37. The number of halogens is 3. The fourth-order valence-electron chi connectivity index (χ4n) is 6.10. The van der Waals surface area contributed by atoms with Gasteiger partial charge < -0.3 is 23.6 Å². The number of nitrogens with zero attached hydrogens (tertiary/aromatic N) is 4. The molecule has 0 saturated heterocycles. The quantitative estimate of drug-likeness (QED) is 0.115. The molecule has 0 unspecified atom stereocenters. The summed E-state index contributed by atoms with van der Waals surface area (Å²) in [5.74, 6) is 1.31. The molecule has 9 nitrogen and oxygen atoms in total. The van der Waals surface area contributed by atoms with Crippen molar-refractivity contribution in [2.45, 2.75) is 30.4 Å². The Labute approximate surface area is 269 Å². The van der Waals surface area contributed by atoms with Crippen LogP contribution in [0.5, 0.6) is 5.75 Å². The summed E-state index contributed by atoms with van der Waals surface area (Å²) in [4.78, 5) is 15.1. The third-order valence-corrected chi connectivity index (χ3v) is 9.65. The van der Waals surface area contributed by atoms with E-state index in [0.29, 0.717) is 25.3 Å². The number of pyridine rings is 2. The van der Waals surface area contributed by atoms with Crippen LogP contribution in [0.15, 0.2) is 91.2 Å². The second-order valence-corrected chi connectivity index (χ2v) is 13.0. The SMILES string of the molecule is O[B]Oc1ccc2ccncc2c1.[C-]#[N+][C@@H]1[C@H]2C=C(OS(=O)(=O)C(F)(F)F)C[C@H]21.[C-]#[N+][C@@H]1[C@H]2C=C(c3ccc4ccncc4c3)C[C@H]21. The summed E-state index contributed by atoms with van der Waals surface area (Å²) >= 11 is 0. The van der Waals surface area contributed by atoms with Crippen molar-refractivity contribution in [2.75, 3.05) is 0 Å². The fraction of sp³-hybridized carbons (Fsp3) is 0.273. The van der Waals surface area contributed by atoms with Crippen LogP contribution >= 0.6 is 0 Å². The molecule has 2 saturated carbocycles. The normalized spacial score (nSPS) is 24.8. The Morgan fingerprint density at radius 1 is 0.830 bits per heavy atom. The largest absolute Gasteiger partial charge is 0.569 e. The lowest BCUT2D eigenvalue weighted by Gasteiger charge is -2.10. The van der Waals surface area contributed by atoms with Gasteiger partial charge in [-0.1, -0.05) is 24.3 Å². The Balaban J connectivity index is 0.000000125. The smallest absolute Gasteiger partial charge is 0.537 e. The zero-order valence-corrected chi connectivity index (χ0v) is 25.3. The summed E-state index contributed by atoms with van der Waals surface area (Å²) in [6.45, 7) is 13.8. The van der Waals surface area contributed by atoms with Crippen molar-refractivity contribution in [1.29, 1.82) is 0 Å². The van der Waals surface area contributed by atoms with Gasteiger partial charge in [-0.15, -0.1) is 0 Å². The van der Waals surface area contributed by atoms with Crippen molar-refractivity contribution in [3.63, 3.8) is 0 Å². The Bertz CT molecular complexity index is 2090. The summed E-state index contributed by atoms with van der Waals surface area (Å²) in [6, 6.07) is 16.1. The Morgan fingerprint density at radius 3 is 1.96 bits per heavy atom. The molecule has 2 fully saturated rings. The van der Waals surface area contributed by atoms with E-state index in [1.807, 2.05) is 36.7 Å². The van der Waals surface area contributed by atoms with E-state index in [-0.39, 0.29) is 36.1 Å². The molecule has 0 amide bonds. The van der Waals surface area contributed by atoms with E-state index in [1.165, 1.54) is 28.0 Å². The van der Waals surface area contributed by atoms with Crippen LogP contribution in [0.4, 0.5) is 13.2 Å². The molecule has 2 heterocycles. The first-order valence-electron chi connectivity index (χ1n) is 14.5. The minimum absolute atomic E-state index is 0.0732. The maximum absolute atomic E-state index is 11.9. The lowest BCUT2D eigenvalue weighted by molar-refractivity contribution is -0.0523. The molecule has 4 aromatic rings. The van der Waals surface area contributed by atoms with E-state index in [2.05, 4.69) is 48.1 Å². The second-order valence-electron chi connectivity index (χ2n) is 11.5. The average molecular weight is 657 g/mol. The van der Waals surface area contributed by atoms with Crippen LogP contribution in [-0.4, -0.2) is 48.7 Å². The van der Waals surface area contributed by atoms with Gasteiger partial charge in [-0.25, -0.2) is 13.1 Å². The molecule has 4 aliphatic rings. The summed E-state index contributed by atoms with van der Waals surface area (Å²) in [5, 5.41) is 12.9. The Morgan fingerprint density at radius 2 is 1.43 bits per heavy atom. The highest BCUT2D eigenvalue weighted by atomic mass is 32.2. The molecule has 0 aliphatic heterocycles. The topological polar surface area (TPSA) is 107 Å². The van der Waals surface area contributed by atoms with Gasteiger partial charge in [0.15, 0.2) is 0 Å².